The molecular weight excluding hydrogens is 329 g/mol. The molecule has 25 heavy (non-hydrogen) atoms. The highest BCUT2D eigenvalue weighted by Crippen LogP contribution is 2.32. The molecule has 3 rings (SSSR count). The quantitative estimate of drug-likeness (QED) is 0.873. The standard InChI is InChI=1S/C17H18FN3O4/c1-9(22)15-13(17(24)21-8-2-3-12(21)16(19)23)14(20-25-15)10-4-6-11(18)7-5-10/h4-7,9,12,22H,2-3,8H2,1H3,(H2,19,23)/t9-,12-/m0/s1. The van der Waals surface area contributed by atoms with Crippen LogP contribution in [0.2, 0.25) is 0 Å². The molecule has 1 aromatic carbocycles. The van der Waals surface area contributed by atoms with Crippen molar-refractivity contribution in [2.75, 3.05) is 6.54 Å². The van der Waals surface area contributed by atoms with Gasteiger partial charge >= 0.3 is 0 Å². The molecule has 7 nitrogen and oxygen atoms in total. The van der Waals surface area contributed by atoms with Crippen LogP contribution in [0.25, 0.3) is 11.3 Å². The highest BCUT2D eigenvalue weighted by molar-refractivity contribution is 6.03. The Morgan fingerprint density at radius 1 is 1.40 bits per heavy atom. The van der Waals surface area contributed by atoms with Gasteiger partial charge in [-0.3, -0.25) is 9.59 Å². The number of benzene rings is 1. The second-order valence-corrected chi connectivity index (χ2v) is 6.01. The van der Waals surface area contributed by atoms with Gasteiger partial charge in [0.15, 0.2) is 5.76 Å². The maximum absolute atomic E-state index is 13.2. The molecule has 2 aromatic rings. The Hall–Kier alpha value is -2.74. The lowest BCUT2D eigenvalue weighted by Gasteiger charge is -2.22. The normalized spacial score (nSPS) is 18.4. The lowest BCUT2D eigenvalue weighted by Crippen LogP contribution is -2.44. The van der Waals surface area contributed by atoms with E-state index >= 15 is 0 Å². The number of primary amides is 1. The van der Waals surface area contributed by atoms with Gasteiger partial charge in [-0.05, 0) is 44.0 Å². The van der Waals surface area contributed by atoms with Crippen LogP contribution in [0, 0.1) is 5.82 Å². The van der Waals surface area contributed by atoms with E-state index in [2.05, 4.69) is 5.16 Å². The van der Waals surface area contributed by atoms with Gasteiger partial charge in [-0.25, -0.2) is 4.39 Å². The van der Waals surface area contributed by atoms with Crippen LogP contribution >= 0.6 is 0 Å². The van der Waals surface area contributed by atoms with E-state index in [1.54, 1.807) is 0 Å². The minimum absolute atomic E-state index is 0.000514. The summed E-state index contributed by atoms with van der Waals surface area (Å²) in [7, 11) is 0. The number of aliphatic hydroxyl groups is 1. The van der Waals surface area contributed by atoms with Gasteiger partial charge in [-0.1, -0.05) is 5.16 Å². The average Bonchev–Trinajstić information content (AvgIpc) is 3.22. The Balaban J connectivity index is 2.07. The highest BCUT2D eigenvalue weighted by atomic mass is 19.1. The fourth-order valence-corrected chi connectivity index (χ4v) is 3.05. The maximum atomic E-state index is 13.2. The van der Waals surface area contributed by atoms with Gasteiger partial charge in [0, 0.05) is 12.1 Å². The molecule has 1 saturated heterocycles. The highest BCUT2D eigenvalue weighted by Gasteiger charge is 2.37. The summed E-state index contributed by atoms with van der Waals surface area (Å²) < 4.78 is 18.3. The molecule has 1 aromatic heterocycles. The van der Waals surface area contributed by atoms with E-state index in [1.165, 1.54) is 36.1 Å². The number of aromatic nitrogens is 1. The monoisotopic (exact) mass is 347 g/mol. The zero-order chi connectivity index (χ0) is 18.1. The molecule has 0 radical (unpaired) electrons. The fraction of sp³-hybridized carbons (Fsp3) is 0.353. The van der Waals surface area contributed by atoms with Crippen molar-refractivity contribution in [2.45, 2.75) is 31.9 Å². The Morgan fingerprint density at radius 2 is 2.08 bits per heavy atom. The number of carbonyl (C=O) groups is 2. The summed E-state index contributed by atoms with van der Waals surface area (Å²) in [4.78, 5) is 26.0. The van der Waals surface area contributed by atoms with Gasteiger partial charge in [-0.2, -0.15) is 0 Å². The molecule has 0 spiro atoms. The largest absolute Gasteiger partial charge is 0.385 e. The summed E-state index contributed by atoms with van der Waals surface area (Å²) in [6, 6.07) is 4.70. The summed E-state index contributed by atoms with van der Waals surface area (Å²) in [5.74, 6) is -1.49. The number of carbonyl (C=O) groups excluding carboxylic acids is 2. The molecule has 1 aliphatic heterocycles. The van der Waals surface area contributed by atoms with E-state index in [-0.39, 0.29) is 17.0 Å². The lowest BCUT2D eigenvalue weighted by atomic mass is 10.0. The molecule has 1 fully saturated rings. The van der Waals surface area contributed by atoms with Crippen LogP contribution in [0.4, 0.5) is 4.39 Å². The minimum Gasteiger partial charge on any atom is -0.385 e. The summed E-state index contributed by atoms with van der Waals surface area (Å²) in [6.45, 7) is 1.82. The number of halogens is 1. The molecule has 2 heterocycles. The summed E-state index contributed by atoms with van der Waals surface area (Å²) in [6.07, 6.45) is 0.0678. The van der Waals surface area contributed by atoms with Crippen molar-refractivity contribution in [2.24, 2.45) is 5.73 Å². The zero-order valence-electron chi connectivity index (χ0n) is 13.6. The zero-order valence-corrected chi connectivity index (χ0v) is 13.6. The maximum Gasteiger partial charge on any atom is 0.260 e. The number of likely N-dealkylation sites (tertiary alicyclic amines) is 1. The molecule has 8 heteroatoms. The molecule has 2 amide bonds. The number of aliphatic hydroxyl groups excluding tert-OH is 1. The number of hydrogen-bond donors (Lipinski definition) is 2. The van der Waals surface area contributed by atoms with Crippen LogP contribution < -0.4 is 5.73 Å². The van der Waals surface area contributed by atoms with Gasteiger partial charge < -0.3 is 20.3 Å². The molecule has 0 aliphatic carbocycles. The first-order chi connectivity index (χ1) is 11.9. The molecule has 1 aliphatic rings. The lowest BCUT2D eigenvalue weighted by molar-refractivity contribution is -0.121. The van der Waals surface area contributed by atoms with Crippen LogP contribution in [0.1, 0.15) is 42.0 Å². The van der Waals surface area contributed by atoms with Crippen LogP contribution in [-0.4, -0.2) is 39.6 Å². The second-order valence-electron chi connectivity index (χ2n) is 6.01. The van der Waals surface area contributed by atoms with Crippen molar-refractivity contribution in [3.8, 4) is 11.3 Å². The summed E-state index contributed by atoms with van der Waals surface area (Å²) >= 11 is 0. The van der Waals surface area contributed by atoms with Crippen LogP contribution in [0.15, 0.2) is 28.8 Å². The first-order valence-electron chi connectivity index (χ1n) is 7.94. The first-order valence-corrected chi connectivity index (χ1v) is 7.94. The van der Waals surface area contributed by atoms with Gasteiger partial charge in [0.2, 0.25) is 5.91 Å². The third kappa shape index (κ3) is 3.12. The van der Waals surface area contributed by atoms with E-state index in [9.17, 15) is 19.1 Å². The predicted octanol–water partition coefficient (Wildman–Crippen LogP) is 1.62. The summed E-state index contributed by atoms with van der Waals surface area (Å²) in [5.41, 5.74) is 6.10. The van der Waals surface area contributed by atoms with Crippen molar-refractivity contribution in [1.29, 1.82) is 0 Å². The SMILES string of the molecule is C[C@H](O)c1onc(-c2ccc(F)cc2)c1C(=O)N1CCC[C@H]1C(N)=O. The molecule has 0 unspecified atom stereocenters. The third-order valence-electron chi connectivity index (χ3n) is 4.27. The Morgan fingerprint density at radius 3 is 2.68 bits per heavy atom. The Kier molecular flexibility index (Phi) is 4.54. The third-order valence-corrected chi connectivity index (χ3v) is 4.27. The van der Waals surface area contributed by atoms with Gasteiger partial charge in [0.25, 0.3) is 5.91 Å². The smallest absolute Gasteiger partial charge is 0.260 e. The van der Waals surface area contributed by atoms with Crippen molar-refractivity contribution in [3.05, 3.63) is 41.4 Å². The van der Waals surface area contributed by atoms with Crippen molar-refractivity contribution in [3.63, 3.8) is 0 Å². The van der Waals surface area contributed by atoms with Gasteiger partial charge in [0.05, 0.1) is 0 Å². The number of nitrogens with two attached hydrogens (primary N) is 1. The topological polar surface area (TPSA) is 110 Å². The molecule has 0 bridgehead atoms. The molecule has 132 valence electrons. The Labute approximate surface area is 143 Å². The van der Waals surface area contributed by atoms with Crippen LogP contribution in [0.5, 0.6) is 0 Å². The van der Waals surface area contributed by atoms with E-state index < -0.39 is 29.8 Å². The average molecular weight is 347 g/mol. The molecule has 3 N–H and O–H groups in total. The van der Waals surface area contributed by atoms with Crippen molar-refractivity contribution < 1.29 is 23.6 Å². The van der Waals surface area contributed by atoms with Crippen LogP contribution in [0.3, 0.4) is 0 Å². The van der Waals surface area contributed by atoms with E-state index in [1.807, 2.05) is 0 Å². The second kappa shape index (κ2) is 6.64. The van der Waals surface area contributed by atoms with E-state index in [4.69, 9.17) is 10.3 Å². The van der Waals surface area contributed by atoms with Crippen molar-refractivity contribution >= 4 is 11.8 Å². The Bertz CT molecular complexity index is 801. The number of hydrogen-bond acceptors (Lipinski definition) is 5. The molecular formula is C17H18FN3O4. The first kappa shape index (κ1) is 17.1. The fourth-order valence-electron chi connectivity index (χ4n) is 3.05. The van der Waals surface area contributed by atoms with Gasteiger partial charge in [-0.15, -0.1) is 0 Å². The van der Waals surface area contributed by atoms with E-state index in [0.717, 1.165) is 0 Å². The number of rotatable bonds is 4. The van der Waals surface area contributed by atoms with Crippen molar-refractivity contribution in [1.82, 2.24) is 10.1 Å². The molecule has 2 atom stereocenters. The van der Waals surface area contributed by atoms with E-state index in [0.29, 0.717) is 24.9 Å². The minimum atomic E-state index is -1.07. The van der Waals surface area contributed by atoms with Gasteiger partial charge in [0.1, 0.15) is 29.2 Å². The van der Waals surface area contributed by atoms with Crippen LogP contribution in [-0.2, 0) is 4.79 Å². The summed E-state index contributed by atoms with van der Waals surface area (Å²) in [5, 5.41) is 13.8. The molecule has 0 saturated carbocycles. The number of nitrogens with zero attached hydrogens (tertiary/aromatic N) is 2. The number of amides is 2. The predicted molar refractivity (Wildman–Crippen MR) is 85.8 cm³/mol.